The molecule has 2 aromatic carbocycles. The first-order chi connectivity index (χ1) is 13.8. The molecule has 152 valence electrons. The first-order valence-electron chi connectivity index (χ1n) is 9.45. The number of nitrogens with one attached hydrogen (secondary N) is 1. The van der Waals surface area contributed by atoms with E-state index in [9.17, 15) is 4.79 Å². The number of amides is 1. The molecule has 3 aromatic rings. The number of thioether (sulfide) groups is 1. The molecule has 7 heteroatoms. The van der Waals surface area contributed by atoms with Gasteiger partial charge in [0.05, 0.1) is 16.0 Å². The van der Waals surface area contributed by atoms with Crippen LogP contribution in [0.2, 0.25) is 5.02 Å². The van der Waals surface area contributed by atoms with Crippen LogP contribution in [0.3, 0.4) is 0 Å². The first-order valence-corrected chi connectivity index (χ1v) is 10.7. The molecule has 0 fully saturated rings. The fraction of sp³-hybridized carbons (Fsp3) is 0.318. The molecule has 1 amide bonds. The summed E-state index contributed by atoms with van der Waals surface area (Å²) in [6.07, 6.45) is 0.649. The monoisotopic (exact) mass is 429 g/mol. The summed E-state index contributed by atoms with van der Waals surface area (Å²) in [7, 11) is 0. The van der Waals surface area contributed by atoms with Crippen LogP contribution in [-0.4, -0.2) is 21.4 Å². The molecule has 0 radical (unpaired) electrons. The minimum atomic E-state index is -0.411. The molecular formula is C22H24ClN3O2S. The summed E-state index contributed by atoms with van der Waals surface area (Å²) in [4.78, 5) is 12.6. The third-order valence-electron chi connectivity index (χ3n) is 4.62. The second-order valence-corrected chi connectivity index (χ2v) is 8.86. The van der Waals surface area contributed by atoms with Gasteiger partial charge in [0.2, 0.25) is 11.8 Å². The van der Waals surface area contributed by atoms with Gasteiger partial charge in [0.1, 0.15) is 0 Å². The Morgan fingerprint density at radius 3 is 2.59 bits per heavy atom. The van der Waals surface area contributed by atoms with Gasteiger partial charge in [0, 0.05) is 6.42 Å². The topological polar surface area (TPSA) is 68.0 Å². The number of benzene rings is 2. The quantitative estimate of drug-likeness (QED) is 0.480. The van der Waals surface area contributed by atoms with Gasteiger partial charge in [-0.15, -0.1) is 10.2 Å². The van der Waals surface area contributed by atoms with Crippen LogP contribution >= 0.6 is 23.4 Å². The molecule has 2 unspecified atom stereocenters. The van der Waals surface area contributed by atoms with Gasteiger partial charge >= 0.3 is 0 Å². The van der Waals surface area contributed by atoms with Crippen molar-refractivity contribution in [2.75, 3.05) is 5.32 Å². The highest BCUT2D eigenvalue weighted by molar-refractivity contribution is 8.00. The summed E-state index contributed by atoms with van der Waals surface area (Å²) in [5.74, 6) is 0.664. The van der Waals surface area contributed by atoms with Crippen molar-refractivity contribution < 1.29 is 9.21 Å². The van der Waals surface area contributed by atoms with Gasteiger partial charge in [-0.3, -0.25) is 4.79 Å². The van der Waals surface area contributed by atoms with Gasteiger partial charge in [-0.2, -0.15) is 0 Å². The Labute approximate surface area is 180 Å². The molecule has 0 aliphatic rings. The summed E-state index contributed by atoms with van der Waals surface area (Å²) in [5.41, 5.74) is 3.84. The molecule has 0 saturated heterocycles. The van der Waals surface area contributed by atoms with Crippen molar-refractivity contribution in [2.45, 2.75) is 50.5 Å². The van der Waals surface area contributed by atoms with Crippen molar-refractivity contribution in [1.82, 2.24) is 10.2 Å². The zero-order chi connectivity index (χ0) is 21.0. The highest BCUT2D eigenvalue weighted by Gasteiger charge is 2.21. The highest BCUT2D eigenvalue weighted by atomic mass is 35.5. The van der Waals surface area contributed by atoms with E-state index in [0.717, 1.165) is 11.1 Å². The molecule has 1 N–H and O–H groups in total. The molecule has 0 aliphatic heterocycles. The summed E-state index contributed by atoms with van der Waals surface area (Å²) >= 11 is 7.52. The van der Waals surface area contributed by atoms with E-state index in [2.05, 4.69) is 34.6 Å². The van der Waals surface area contributed by atoms with Crippen LogP contribution in [0.15, 0.2) is 52.1 Å². The van der Waals surface area contributed by atoms with Crippen LogP contribution in [-0.2, 0) is 11.2 Å². The highest BCUT2D eigenvalue weighted by Crippen LogP contribution is 2.30. The Kier molecular flexibility index (Phi) is 6.98. The molecule has 0 bridgehead atoms. The number of carbonyl (C=O) groups excluding carboxylic acids is 1. The Balaban J connectivity index is 1.60. The van der Waals surface area contributed by atoms with Crippen LogP contribution in [0.1, 0.15) is 42.3 Å². The number of halogens is 1. The van der Waals surface area contributed by atoms with Crippen molar-refractivity contribution in [3.05, 3.63) is 70.1 Å². The third-order valence-corrected chi connectivity index (χ3v) is 5.86. The van der Waals surface area contributed by atoms with E-state index in [4.69, 9.17) is 16.0 Å². The van der Waals surface area contributed by atoms with Crippen molar-refractivity contribution >= 4 is 35.0 Å². The van der Waals surface area contributed by atoms with Crippen LogP contribution < -0.4 is 5.32 Å². The fourth-order valence-electron chi connectivity index (χ4n) is 3.03. The standard InChI is InChI=1S/C22H24ClN3O2S/c1-13-10-15(3)20(18(23)11-13)24-21(27)16(4)29-22-26-25-19(28-22)12-14(2)17-8-6-5-7-9-17/h5-11,14,16H,12H2,1-4H3,(H,24,27). The zero-order valence-corrected chi connectivity index (χ0v) is 18.5. The fourth-order valence-corrected chi connectivity index (χ4v) is 4.10. The maximum Gasteiger partial charge on any atom is 0.277 e. The molecule has 1 aromatic heterocycles. The Morgan fingerprint density at radius 2 is 1.90 bits per heavy atom. The van der Waals surface area contributed by atoms with Crippen molar-refractivity contribution in [2.24, 2.45) is 0 Å². The van der Waals surface area contributed by atoms with Crippen molar-refractivity contribution in [1.29, 1.82) is 0 Å². The summed E-state index contributed by atoms with van der Waals surface area (Å²) in [6.45, 7) is 7.81. The number of hydrogen-bond acceptors (Lipinski definition) is 5. The van der Waals surface area contributed by atoms with E-state index >= 15 is 0 Å². The number of aromatic nitrogens is 2. The van der Waals surface area contributed by atoms with Gasteiger partial charge in [-0.1, -0.05) is 66.7 Å². The SMILES string of the molecule is Cc1cc(C)c(NC(=O)C(C)Sc2nnc(CC(C)c3ccccc3)o2)c(Cl)c1. The van der Waals surface area contributed by atoms with Gasteiger partial charge in [0.25, 0.3) is 5.22 Å². The second-order valence-electron chi connectivity index (χ2n) is 7.17. The van der Waals surface area contributed by atoms with Crippen LogP contribution in [0.25, 0.3) is 0 Å². The van der Waals surface area contributed by atoms with Crippen LogP contribution in [0.5, 0.6) is 0 Å². The minimum absolute atomic E-state index is 0.166. The number of aryl methyl sites for hydroxylation is 2. The van der Waals surface area contributed by atoms with E-state index in [0.29, 0.717) is 28.2 Å². The Morgan fingerprint density at radius 1 is 1.17 bits per heavy atom. The normalized spacial score (nSPS) is 13.1. The lowest BCUT2D eigenvalue weighted by Crippen LogP contribution is -2.23. The second kappa shape index (κ2) is 9.46. The average Bonchev–Trinajstić information content (AvgIpc) is 3.11. The smallest absolute Gasteiger partial charge is 0.277 e. The van der Waals surface area contributed by atoms with Crippen LogP contribution in [0.4, 0.5) is 5.69 Å². The maximum absolute atomic E-state index is 12.6. The van der Waals surface area contributed by atoms with Gasteiger partial charge < -0.3 is 9.73 Å². The van der Waals surface area contributed by atoms with E-state index in [1.165, 1.54) is 17.3 Å². The lowest BCUT2D eigenvalue weighted by molar-refractivity contribution is -0.115. The number of carbonyl (C=O) groups is 1. The van der Waals surface area contributed by atoms with E-state index in [-0.39, 0.29) is 11.8 Å². The molecule has 0 aliphatic carbocycles. The van der Waals surface area contributed by atoms with Crippen LogP contribution in [0, 0.1) is 13.8 Å². The van der Waals surface area contributed by atoms with Gasteiger partial charge in [-0.05, 0) is 49.4 Å². The average molecular weight is 430 g/mol. The van der Waals surface area contributed by atoms with E-state index in [1.54, 1.807) is 6.92 Å². The molecule has 0 saturated carbocycles. The summed E-state index contributed by atoms with van der Waals surface area (Å²) < 4.78 is 5.74. The number of hydrogen-bond donors (Lipinski definition) is 1. The third kappa shape index (κ3) is 5.61. The first kappa shape index (κ1) is 21.4. The van der Waals surface area contributed by atoms with Gasteiger partial charge in [0.15, 0.2) is 0 Å². The Bertz CT molecular complexity index is 968. The van der Waals surface area contributed by atoms with Crippen molar-refractivity contribution in [3.8, 4) is 0 Å². The van der Waals surface area contributed by atoms with E-state index < -0.39 is 5.25 Å². The largest absolute Gasteiger partial charge is 0.416 e. The predicted octanol–water partition coefficient (Wildman–Crippen LogP) is 5.81. The lowest BCUT2D eigenvalue weighted by atomic mass is 9.98. The predicted molar refractivity (Wildman–Crippen MR) is 118 cm³/mol. The number of anilines is 1. The summed E-state index contributed by atoms with van der Waals surface area (Å²) in [6, 6.07) is 14.0. The molecule has 5 nitrogen and oxygen atoms in total. The summed E-state index contributed by atoms with van der Waals surface area (Å²) in [5, 5.41) is 11.6. The van der Waals surface area contributed by atoms with Gasteiger partial charge in [-0.25, -0.2) is 0 Å². The molecule has 3 rings (SSSR count). The number of rotatable bonds is 7. The number of nitrogens with zero attached hydrogens (tertiary/aromatic N) is 2. The minimum Gasteiger partial charge on any atom is -0.416 e. The molecule has 29 heavy (non-hydrogen) atoms. The zero-order valence-electron chi connectivity index (χ0n) is 16.9. The van der Waals surface area contributed by atoms with Crippen molar-refractivity contribution in [3.63, 3.8) is 0 Å². The Hall–Kier alpha value is -2.31. The molecule has 0 spiro atoms. The lowest BCUT2D eigenvalue weighted by Gasteiger charge is -2.14. The molecular weight excluding hydrogens is 406 g/mol. The molecule has 2 atom stereocenters. The maximum atomic E-state index is 12.6. The van der Waals surface area contributed by atoms with E-state index in [1.807, 2.05) is 44.2 Å². The molecule has 1 heterocycles.